The first kappa shape index (κ1) is 14.4. The Morgan fingerprint density at radius 2 is 1.95 bits per heavy atom. The highest BCUT2D eigenvalue weighted by Gasteiger charge is 2.15. The number of nitrogens with one attached hydrogen (secondary N) is 1. The van der Waals surface area contributed by atoms with E-state index in [1.807, 2.05) is 6.92 Å². The molecule has 4 nitrogen and oxygen atoms in total. The fourth-order valence-corrected chi connectivity index (χ4v) is 1.86. The van der Waals surface area contributed by atoms with E-state index < -0.39 is 23.1 Å². The summed E-state index contributed by atoms with van der Waals surface area (Å²) in [6.07, 6.45) is 3.15. The number of hydrogen-bond donors (Lipinski definition) is 1. The number of aromatic nitrogens is 2. The van der Waals surface area contributed by atoms with Gasteiger partial charge in [-0.05, 0) is 6.92 Å². The molecule has 2 rings (SSSR count). The summed E-state index contributed by atoms with van der Waals surface area (Å²) in [5.41, 5.74) is -0.441. The van der Waals surface area contributed by atoms with E-state index in [1.54, 1.807) is 17.9 Å². The lowest BCUT2D eigenvalue weighted by atomic mass is 10.3. The van der Waals surface area contributed by atoms with Gasteiger partial charge in [-0.3, -0.25) is 0 Å². The van der Waals surface area contributed by atoms with Gasteiger partial charge in [0.1, 0.15) is 11.5 Å². The molecule has 1 atom stereocenters. The maximum atomic E-state index is 13.6. The second-order valence-electron chi connectivity index (χ2n) is 4.33. The van der Waals surface area contributed by atoms with Crippen molar-refractivity contribution >= 4 is 11.6 Å². The number of ether oxygens (including phenoxy) is 1. The minimum atomic E-state index is -1.02. The van der Waals surface area contributed by atoms with Crippen LogP contribution in [0.2, 0.25) is 0 Å². The van der Waals surface area contributed by atoms with Gasteiger partial charge >= 0.3 is 0 Å². The summed E-state index contributed by atoms with van der Waals surface area (Å²) in [4.78, 5) is 3.99. The van der Waals surface area contributed by atoms with Crippen LogP contribution in [0, 0.1) is 17.5 Å². The molecule has 0 aliphatic carbocycles. The molecule has 1 heterocycles. The van der Waals surface area contributed by atoms with E-state index in [9.17, 15) is 13.2 Å². The van der Waals surface area contributed by atoms with Gasteiger partial charge in [0.2, 0.25) is 5.95 Å². The predicted molar refractivity (Wildman–Crippen MR) is 68.4 cm³/mol. The fourth-order valence-electron chi connectivity index (χ4n) is 1.86. The van der Waals surface area contributed by atoms with Gasteiger partial charge in [-0.25, -0.2) is 18.2 Å². The normalized spacial score (nSPS) is 12.4. The van der Waals surface area contributed by atoms with E-state index >= 15 is 0 Å². The van der Waals surface area contributed by atoms with Gasteiger partial charge < -0.3 is 14.6 Å². The summed E-state index contributed by atoms with van der Waals surface area (Å²) < 4.78 is 46.7. The molecule has 1 N–H and O–H groups in total. The van der Waals surface area contributed by atoms with E-state index in [0.29, 0.717) is 18.7 Å². The minimum absolute atomic E-state index is 0.0726. The van der Waals surface area contributed by atoms with Crippen LogP contribution in [0.5, 0.6) is 0 Å². The Morgan fingerprint density at radius 3 is 2.55 bits per heavy atom. The van der Waals surface area contributed by atoms with Gasteiger partial charge in [0.15, 0.2) is 11.6 Å². The summed E-state index contributed by atoms with van der Waals surface area (Å²) >= 11 is 0. The minimum Gasteiger partial charge on any atom is -0.383 e. The quantitative estimate of drug-likeness (QED) is 0.916. The zero-order valence-electron chi connectivity index (χ0n) is 11.0. The van der Waals surface area contributed by atoms with Gasteiger partial charge in [-0.2, -0.15) is 0 Å². The molecular formula is C13H14F3N3O. The SMILES string of the molecule is COCC(C)n1ccnc1Nc1c(F)cc(F)cc1F. The molecule has 0 aliphatic rings. The van der Waals surface area contributed by atoms with E-state index in [2.05, 4.69) is 10.3 Å². The second-order valence-corrected chi connectivity index (χ2v) is 4.33. The maximum Gasteiger partial charge on any atom is 0.207 e. The second kappa shape index (κ2) is 5.96. The summed E-state index contributed by atoms with van der Waals surface area (Å²) in [7, 11) is 1.56. The third-order valence-corrected chi connectivity index (χ3v) is 2.80. The number of methoxy groups -OCH3 is 1. The van der Waals surface area contributed by atoms with Crippen LogP contribution < -0.4 is 5.32 Å². The Hall–Kier alpha value is -2.02. The van der Waals surface area contributed by atoms with Crippen LogP contribution in [0.4, 0.5) is 24.8 Å². The molecule has 0 aliphatic heterocycles. The molecule has 2 aromatic rings. The zero-order valence-corrected chi connectivity index (χ0v) is 11.0. The van der Waals surface area contributed by atoms with Crippen molar-refractivity contribution in [1.82, 2.24) is 9.55 Å². The Balaban J connectivity index is 2.30. The highest BCUT2D eigenvalue weighted by Crippen LogP contribution is 2.25. The Labute approximate surface area is 114 Å². The molecule has 0 bridgehead atoms. The molecule has 1 unspecified atom stereocenters. The van der Waals surface area contributed by atoms with Crippen LogP contribution in [-0.2, 0) is 4.74 Å². The van der Waals surface area contributed by atoms with Gasteiger partial charge in [0.05, 0.1) is 12.6 Å². The molecule has 7 heteroatoms. The number of rotatable bonds is 5. The van der Waals surface area contributed by atoms with Crippen LogP contribution in [-0.4, -0.2) is 23.3 Å². The highest BCUT2D eigenvalue weighted by molar-refractivity contribution is 5.55. The average molecular weight is 285 g/mol. The average Bonchev–Trinajstić information content (AvgIpc) is 2.82. The van der Waals surface area contributed by atoms with Crippen molar-refractivity contribution < 1.29 is 17.9 Å². The molecule has 0 spiro atoms. The first-order chi connectivity index (χ1) is 9.52. The first-order valence-electron chi connectivity index (χ1n) is 5.96. The van der Waals surface area contributed by atoms with Crippen molar-refractivity contribution in [3.8, 4) is 0 Å². The fraction of sp³-hybridized carbons (Fsp3) is 0.308. The van der Waals surface area contributed by atoms with E-state index in [4.69, 9.17) is 4.74 Å². The first-order valence-corrected chi connectivity index (χ1v) is 5.96. The molecule has 0 saturated heterocycles. The van der Waals surface area contributed by atoms with E-state index in [1.165, 1.54) is 6.20 Å². The molecular weight excluding hydrogens is 271 g/mol. The van der Waals surface area contributed by atoms with Crippen molar-refractivity contribution in [2.45, 2.75) is 13.0 Å². The molecule has 1 aromatic carbocycles. The standard InChI is InChI=1S/C13H14F3N3O/c1-8(7-20-2)19-4-3-17-13(19)18-12-10(15)5-9(14)6-11(12)16/h3-6,8H,7H2,1-2H3,(H,17,18). The number of benzene rings is 1. The van der Waals surface area contributed by atoms with Crippen molar-refractivity contribution in [1.29, 1.82) is 0 Å². The summed E-state index contributed by atoms with van der Waals surface area (Å²) in [5, 5.41) is 2.54. The Kier molecular flexibility index (Phi) is 4.29. The number of nitrogens with zero attached hydrogens (tertiary/aromatic N) is 2. The highest BCUT2D eigenvalue weighted by atomic mass is 19.1. The predicted octanol–water partition coefficient (Wildman–Crippen LogP) is 3.25. The van der Waals surface area contributed by atoms with E-state index in [0.717, 1.165) is 0 Å². The van der Waals surface area contributed by atoms with Gasteiger partial charge in [0, 0.05) is 31.6 Å². The van der Waals surface area contributed by atoms with Crippen LogP contribution in [0.1, 0.15) is 13.0 Å². The summed E-state index contributed by atoms with van der Waals surface area (Å²) in [6.45, 7) is 2.28. The topological polar surface area (TPSA) is 39.1 Å². The summed E-state index contributed by atoms with van der Waals surface area (Å²) in [6, 6.07) is 1.14. The van der Waals surface area contributed by atoms with Crippen molar-refractivity contribution in [2.24, 2.45) is 0 Å². The molecule has 108 valence electrons. The van der Waals surface area contributed by atoms with Crippen molar-refractivity contribution in [3.05, 3.63) is 42.0 Å². The number of imidazole rings is 1. The zero-order chi connectivity index (χ0) is 14.7. The number of hydrogen-bond acceptors (Lipinski definition) is 3. The van der Waals surface area contributed by atoms with Crippen LogP contribution in [0.15, 0.2) is 24.5 Å². The maximum absolute atomic E-state index is 13.6. The lowest BCUT2D eigenvalue weighted by molar-refractivity contribution is 0.163. The van der Waals surface area contributed by atoms with Crippen LogP contribution >= 0.6 is 0 Å². The molecule has 0 radical (unpaired) electrons. The van der Waals surface area contributed by atoms with Gasteiger partial charge in [0.25, 0.3) is 0 Å². The van der Waals surface area contributed by atoms with E-state index in [-0.39, 0.29) is 12.0 Å². The Bertz CT molecular complexity index is 577. The molecule has 20 heavy (non-hydrogen) atoms. The number of anilines is 2. The third kappa shape index (κ3) is 2.93. The lowest BCUT2D eigenvalue weighted by Gasteiger charge is -2.16. The number of halogens is 3. The van der Waals surface area contributed by atoms with Crippen LogP contribution in [0.25, 0.3) is 0 Å². The Morgan fingerprint density at radius 1 is 1.30 bits per heavy atom. The van der Waals surface area contributed by atoms with Crippen LogP contribution in [0.3, 0.4) is 0 Å². The molecule has 1 aromatic heterocycles. The molecule has 0 amide bonds. The van der Waals surface area contributed by atoms with Crippen molar-refractivity contribution in [2.75, 3.05) is 19.0 Å². The molecule has 0 saturated carbocycles. The third-order valence-electron chi connectivity index (χ3n) is 2.80. The smallest absolute Gasteiger partial charge is 0.207 e. The lowest BCUT2D eigenvalue weighted by Crippen LogP contribution is -2.13. The largest absolute Gasteiger partial charge is 0.383 e. The summed E-state index contributed by atoms with van der Waals surface area (Å²) in [5.74, 6) is -2.76. The van der Waals surface area contributed by atoms with Gasteiger partial charge in [-0.1, -0.05) is 0 Å². The van der Waals surface area contributed by atoms with Gasteiger partial charge in [-0.15, -0.1) is 0 Å². The van der Waals surface area contributed by atoms with Crippen molar-refractivity contribution in [3.63, 3.8) is 0 Å². The monoisotopic (exact) mass is 285 g/mol. The molecule has 0 fully saturated rings.